The molecule has 0 bridgehead atoms. The first kappa shape index (κ1) is 31.5. The van der Waals surface area contributed by atoms with Crippen molar-refractivity contribution in [2.75, 3.05) is 6.61 Å². The summed E-state index contributed by atoms with van der Waals surface area (Å²) in [5.74, 6) is -3.23. The number of hydrogen-bond acceptors (Lipinski definition) is 10. The van der Waals surface area contributed by atoms with E-state index in [-0.39, 0.29) is 31.3 Å². The summed E-state index contributed by atoms with van der Waals surface area (Å²) in [5, 5.41) is 77.9. The summed E-state index contributed by atoms with van der Waals surface area (Å²) >= 11 is 0. The van der Waals surface area contributed by atoms with Gasteiger partial charge in [-0.25, -0.2) is 4.18 Å². The van der Waals surface area contributed by atoms with E-state index in [0.717, 1.165) is 19.3 Å². The molecule has 39 heavy (non-hydrogen) atoms. The predicted octanol–water partition coefficient (Wildman–Crippen LogP) is 0.237. The van der Waals surface area contributed by atoms with Crippen molar-refractivity contribution in [1.29, 1.82) is 0 Å². The molecule has 12 heteroatoms. The minimum Gasteiger partial charge on any atom is -0.396 e. The summed E-state index contributed by atoms with van der Waals surface area (Å²) < 4.78 is 38.3. The Kier molecular flexibility index (Phi) is 8.65. The Morgan fingerprint density at radius 2 is 1.54 bits per heavy atom. The minimum absolute atomic E-state index is 0.0590. The molecule has 0 amide bonds. The topological polar surface area (TPSA) is 205 Å². The van der Waals surface area contributed by atoms with E-state index in [1.54, 1.807) is 6.92 Å². The second-order valence-corrected chi connectivity index (χ2v) is 14.8. The number of aliphatic hydroxyl groups is 7. The molecule has 0 heterocycles. The van der Waals surface area contributed by atoms with Crippen molar-refractivity contribution >= 4 is 10.4 Å². The molecule has 0 aliphatic heterocycles. The number of aliphatic hydroxyl groups excluding tert-OH is 6. The third-order valence-corrected chi connectivity index (χ3v) is 12.0. The van der Waals surface area contributed by atoms with Crippen LogP contribution in [0, 0.1) is 46.3 Å². The van der Waals surface area contributed by atoms with Crippen LogP contribution in [0.2, 0.25) is 0 Å². The predicted molar refractivity (Wildman–Crippen MR) is 139 cm³/mol. The maximum absolute atomic E-state index is 12.5. The van der Waals surface area contributed by atoms with Crippen LogP contribution in [0.4, 0.5) is 0 Å². The van der Waals surface area contributed by atoms with E-state index in [0.29, 0.717) is 12.8 Å². The van der Waals surface area contributed by atoms with Crippen molar-refractivity contribution < 1.29 is 52.9 Å². The van der Waals surface area contributed by atoms with Crippen LogP contribution in [-0.2, 0) is 14.6 Å². The first-order chi connectivity index (χ1) is 17.9. The number of fused-ring (bicyclic) bond motifs is 5. The maximum Gasteiger partial charge on any atom is 0.397 e. The monoisotopic (exact) mass is 580 g/mol. The first-order valence-electron chi connectivity index (χ1n) is 14.3. The van der Waals surface area contributed by atoms with Crippen molar-refractivity contribution in [2.24, 2.45) is 46.3 Å². The SMILES string of the molecule is CC(CO)CCC[C@@H](C)[C@H]1[C@@H](O)[C@H](O)[C@@H]2[C@]1(C)CC[C@@H]1[C@@]3(C)CC[C@H](O)C(O)[C@@H]3C(OS(=O)(=O)O)C(O)[C@]12O. The van der Waals surface area contributed by atoms with Crippen LogP contribution in [0.25, 0.3) is 0 Å². The molecule has 11 nitrogen and oxygen atoms in total. The van der Waals surface area contributed by atoms with Crippen LogP contribution >= 0.6 is 0 Å². The van der Waals surface area contributed by atoms with Crippen LogP contribution < -0.4 is 0 Å². The molecule has 228 valence electrons. The van der Waals surface area contributed by atoms with E-state index in [4.69, 9.17) is 4.18 Å². The lowest BCUT2D eigenvalue weighted by Gasteiger charge is -2.68. The fraction of sp³-hybridized carbons (Fsp3) is 1.00. The third-order valence-electron chi connectivity index (χ3n) is 11.5. The van der Waals surface area contributed by atoms with Crippen LogP contribution in [0.3, 0.4) is 0 Å². The zero-order valence-electron chi connectivity index (χ0n) is 23.3. The summed E-state index contributed by atoms with van der Waals surface area (Å²) in [6, 6.07) is 0. The van der Waals surface area contributed by atoms with E-state index >= 15 is 0 Å². The van der Waals surface area contributed by atoms with Gasteiger partial charge in [0.2, 0.25) is 0 Å². The highest BCUT2D eigenvalue weighted by molar-refractivity contribution is 7.80. The van der Waals surface area contributed by atoms with Gasteiger partial charge in [0.15, 0.2) is 0 Å². The van der Waals surface area contributed by atoms with Gasteiger partial charge in [0.1, 0.15) is 17.8 Å². The van der Waals surface area contributed by atoms with Gasteiger partial charge < -0.3 is 35.7 Å². The molecule has 15 atom stereocenters. The van der Waals surface area contributed by atoms with E-state index in [9.17, 15) is 48.7 Å². The van der Waals surface area contributed by atoms with E-state index in [1.807, 2.05) is 20.8 Å². The summed E-state index contributed by atoms with van der Waals surface area (Å²) in [4.78, 5) is 0. The highest BCUT2D eigenvalue weighted by Crippen LogP contribution is 2.70. The largest absolute Gasteiger partial charge is 0.397 e. The molecule has 0 aromatic rings. The normalized spacial score (nSPS) is 51.5. The summed E-state index contributed by atoms with van der Waals surface area (Å²) in [5.41, 5.74) is -3.96. The average Bonchev–Trinajstić information content (AvgIpc) is 3.04. The molecule has 0 aromatic heterocycles. The Labute approximate surface area is 231 Å². The quantitative estimate of drug-likeness (QED) is 0.183. The van der Waals surface area contributed by atoms with Gasteiger partial charge in [-0.15, -0.1) is 0 Å². The van der Waals surface area contributed by atoms with Gasteiger partial charge in [-0.3, -0.25) is 4.55 Å². The Morgan fingerprint density at radius 1 is 0.923 bits per heavy atom. The van der Waals surface area contributed by atoms with Gasteiger partial charge in [0.05, 0.1) is 24.4 Å². The molecular formula is C27H48O11S. The lowest BCUT2D eigenvalue weighted by molar-refractivity contribution is -0.318. The highest BCUT2D eigenvalue weighted by atomic mass is 32.3. The Bertz CT molecular complexity index is 994. The van der Waals surface area contributed by atoms with Gasteiger partial charge in [-0.05, 0) is 66.6 Å². The van der Waals surface area contributed by atoms with E-state index in [1.165, 1.54) is 0 Å². The molecule has 4 saturated carbocycles. The number of rotatable bonds is 8. The van der Waals surface area contributed by atoms with Crippen LogP contribution in [0.1, 0.15) is 72.6 Å². The van der Waals surface area contributed by atoms with Crippen molar-refractivity contribution in [3.8, 4) is 0 Å². The Hall–Kier alpha value is -0.410. The smallest absolute Gasteiger partial charge is 0.396 e. The summed E-state index contributed by atoms with van der Waals surface area (Å²) in [7, 11) is -5.14. The molecule has 8 N–H and O–H groups in total. The van der Waals surface area contributed by atoms with Crippen molar-refractivity contribution in [2.45, 2.75) is 115 Å². The van der Waals surface area contributed by atoms with Crippen molar-refractivity contribution in [3.63, 3.8) is 0 Å². The molecule has 4 rings (SSSR count). The number of hydrogen-bond donors (Lipinski definition) is 8. The molecular weight excluding hydrogens is 532 g/mol. The minimum atomic E-state index is -5.14. The molecule has 0 radical (unpaired) electrons. The van der Waals surface area contributed by atoms with Gasteiger partial charge in [0.25, 0.3) is 0 Å². The lowest BCUT2D eigenvalue weighted by Crippen LogP contribution is -2.77. The first-order valence-corrected chi connectivity index (χ1v) is 15.7. The Balaban J connectivity index is 1.75. The fourth-order valence-electron chi connectivity index (χ4n) is 9.83. The van der Waals surface area contributed by atoms with Gasteiger partial charge in [-0.1, -0.05) is 40.5 Å². The second-order valence-electron chi connectivity index (χ2n) is 13.7. The van der Waals surface area contributed by atoms with Gasteiger partial charge in [-0.2, -0.15) is 8.42 Å². The van der Waals surface area contributed by atoms with Crippen molar-refractivity contribution in [1.82, 2.24) is 0 Å². The zero-order chi connectivity index (χ0) is 29.3. The van der Waals surface area contributed by atoms with Crippen LogP contribution in [0.15, 0.2) is 0 Å². The molecule has 4 aliphatic rings. The zero-order valence-corrected chi connectivity index (χ0v) is 24.1. The fourth-order valence-corrected chi connectivity index (χ4v) is 10.3. The summed E-state index contributed by atoms with van der Waals surface area (Å²) in [6.45, 7) is 7.69. The molecule has 0 spiro atoms. The third kappa shape index (κ3) is 4.90. The van der Waals surface area contributed by atoms with Crippen molar-refractivity contribution in [3.05, 3.63) is 0 Å². The highest BCUT2D eigenvalue weighted by Gasteiger charge is 2.77. The van der Waals surface area contributed by atoms with E-state index < -0.39 is 87.1 Å². The second kappa shape index (κ2) is 10.7. The average molecular weight is 581 g/mol. The molecule has 4 fully saturated rings. The summed E-state index contributed by atoms with van der Waals surface area (Å²) in [6.07, 6.45) is -5.37. The molecule has 0 aromatic carbocycles. The van der Waals surface area contributed by atoms with Crippen LogP contribution in [-0.4, -0.2) is 97.5 Å². The Morgan fingerprint density at radius 3 is 2.13 bits per heavy atom. The van der Waals surface area contributed by atoms with E-state index in [2.05, 4.69) is 0 Å². The lowest BCUT2D eigenvalue weighted by atomic mass is 9.40. The van der Waals surface area contributed by atoms with Gasteiger partial charge >= 0.3 is 10.4 Å². The molecule has 0 saturated heterocycles. The van der Waals surface area contributed by atoms with Gasteiger partial charge in [0, 0.05) is 18.4 Å². The standard InChI is InChI=1S/C27H48O11S/c1-13(12-28)6-5-7-14(2)17-20(31)21(32)23-26(17,4)11-9-16-25(3)10-8-15(29)19(30)18(25)22(38-39(35,36)37)24(33)27(16,23)34/h13-24,28-34H,5-12H2,1-4H3,(H,35,36,37)/t13?,14-,15+,16-,17+,18-,19?,20-,21+,22?,23-,24?,25-,26-,27+/m1/s1. The molecule has 4 unspecified atom stereocenters. The van der Waals surface area contributed by atoms with Crippen LogP contribution in [0.5, 0.6) is 0 Å². The maximum atomic E-state index is 12.5. The molecule has 4 aliphatic carbocycles.